The molecule has 1 unspecified atom stereocenters. The van der Waals surface area contributed by atoms with E-state index in [2.05, 4.69) is 36.0 Å². The molecule has 1 N–H and O–H groups in total. The van der Waals surface area contributed by atoms with E-state index in [1.54, 1.807) is 13.2 Å². The highest BCUT2D eigenvalue weighted by Gasteiger charge is 2.19. The summed E-state index contributed by atoms with van der Waals surface area (Å²) < 4.78 is 5.40. The number of halogens is 1. The van der Waals surface area contributed by atoms with Crippen molar-refractivity contribution in [1.29, 1.82) is 0 Å². The zero-order chi connectivity index (χ0) is 22.5. The molecule has 0 aliphatic carbocycles. The lowest BCUT2D eigenvalue weighted by molar-refractivity contribution is -0.384. The van der Waals surface area contributed by atoms with Gasteiger partial charge in [-0.15, -0.1) is 0 Å². The molecule has 3 rings (SSSR count). The molecule has 0 saturated heterocycles. The zero-order valence-electron chi connectivity index (χ0n) is 18.4. The third-order valence-electron chi connectivity index (χ3n) is 5.64. The Labute approximate surface area is 187 Å². The first-order chi connectivity index (χ1) is 14.9. The van der Waals surface area contributed by atoms with Crippen molar-refractivity contribution in [1.82, 2.24) is 9.88 Å². The van der Waals surface area contributed by atoms with Gasteiger partial charge in [0.05, 0.1) is 28.8 Å². The molecule has 166 valence electrons. The number of nitrogens with zero attached hydrogens (tertiary/aromatic N) is 3. The summed E-state index contributed by atoms with van der Waals surface area (Å²) in [7, 11) is 1.61. The van der Waals surface area contributed by atoms with Crippen molar-refractivity contribution < 1.29 is 9.66 Å². The maximum absolute atomic E-state index is 11.5. The van der Waals surface area contributed by atoms with Crippen LogP contribution in [0.1, 0.15) is 33.6 Å². The normalized spacial score (nSPS) is 12.5. The fourth-order valence-electron chi connectivity index (χ4n) is 3.83. The Bertz CT molecular complexity index is 1090. The van der Waals surface area contributed by atoms with Crippen LogP contribution in [0, 0.1) is 10.1 Å². The molecule has 1 atom stereocenters. The van der Waals surface area contributed by atoms with Crippen LogP contribution < -0.4 is 10.1 Å². The molecule has 0 amide bonds. The number of fused-ring (bicyclic) bond motifs is 2. The molecular formula is C23H29ClN4O3. The van der Waals surface area contributed by atoms with Crippen LogP contribution in [-0.2, 0) is 0 Å². The Balaban J connectivity index is 2.04. The topological polar surface area (TPSA) is 80.5 Å². The number of nitro groups is 1. The van der Waals surface area contributed by atoms with E-state index in [9.17, 15) is 10.1 Å². The Morgan fingerprint density at radius 1 is 1.19 bits per heavy atom. The van der Waals surface area contributed by atoms with Crippen molar-refractivity contribution in [2.75, 3.05) is 32.1 Å². The smallest absolute Gasteiger partial charge is 0.288 e. The second-order valence-electron chi connectivity index (χ2n) is 7.66. The van der Waals surface area contributed by atoms with Crippen LogP contribution >= 0.6 is 11.6 Å². The first-order valence-electron chi connectivity index (χ1n) is 10.6. The van der Waals surface area contributed by atoms with Gasteiger partial charge in [-0.25, -0.2) is 4.98 Å². The van der Waals surface area contributed by atoms with E-state index in [4.69, 9.17) is 16.3 Å². The second kappa shape index (κ2) is 10.1. The van der Waals surface area contributed by atoms with Gasteiger partial charge in [0.1, 0.15) is 10.8 Å². The minimum Gasteiger partial charge on any atom is -0.497 e. The lowest BCUT2D eigenvalue weighted by Gasteiger charge is -2.22. The summed E-state index contributed by atoms with van der Waals surface area (Å²) in [4.78, 5) is 18.1. The van der Waals surface area contributed by atoms with Gasteiger partial charge in [0.15, 0.2) is 0 Å². The molecule has 3 aromatic rings. The van der Waals surface area contributed by atoms with Gasteiger partial charge in [-0.1, -0.05) is 25.4 Å². The molecule has 7 nitrogen and oxygen atoms in total. The van der Waals surface area contributed by atoms with E-state index in [-0.39, 0.29) is 16.8 Å². The summed E-state index contributed by atoms with van der Waals surface area (Å²) in [5, 5.41) is 16.7. The SMILES string of the molecule is CCN(CC)CCCC(C)Nc1c2cc(OC)ccc2nc2cc(Cl)c([N+](=O)[O-])cc12. The number of ether oxygens (including phenoxy) is 1. The number of anilines is 1. The molecule has 31 heavy (non-hydrogen) atoms. The van der Waals surface area contributed by atoms with E-state index >= 15 is 0 Å². The van der Waals surface area contributed by atoms with E-state index in [0.29, 0.717) is 16.7 Å². The van der Waals surface area contributed by atoms with Crippen molar-refractivity contribution in [3.8, 4) is 5.75 Å². The highest BCUT2D eigenvalue weighted by Crippen LogP contribution is 2.38. The minimum absolute atomic E-state index is 0.0797. The average Bonchev–Trinajstić information content (AvgIpc) is 2.75. The molecule has 0 aliphatic heterocycles. The lowest BCUT2D eigenvalue weighted by Crippen LogP contribution is -2.25. The Hall–Kier alpha value is -2.64. The first-order valence-corrected chi connectivity index (χ1v) is 11.0. The lowest BCUT2D eigenvalue weighted by atomic mass is 10.0. The maximum Gasteiger partial charge on any atom is 0.288 e. The zero-order valence-corrected chi connectivity index (χ0v) is 19.2. The van der Waals surface area contributed by atoms with Gasteiger partial charge < -0.3 is 15.0 Å². The number of methoxy groups -OCH3 is 1. The van der Waals surface area contributed by atoms with Gasteiger partial charge >= 0.3 is 0 Å². The third-order valence-corrected chi connectivity index (χ3v) is 5.94. The molecule has 0 aliphatic rings. The van der Waals surface area contributed by atoms with Crippen molar-refractivity contribution in [2.45, 2.75) is 39.7 Å². The standard InChI is InChI=1S/C23H29ClN4O3/c1-5-27(6-2)11-7-8-15(3)25-23-17-12-16(31-4)9-10-20(17)26-21-14-19(24)22(28(29)30)13-18(21)23/h9-10,12-15H,5-8,11H2,1-4H3,(H,25,26). The molecule has 0 radical (unpaired) electrons. The van der Waals surface area contributed by atoms with Crippen molar-refractivity contribution in [3.63, 3.8) is 0 Å². The van der Waals surface area contributed by atoms with Crippen molar-refractivity contribution in [2.24, 2.45) is 0 Å². The summed E-state index contributed by atoms with van der Waals surface area (Å²) in [6, 6.07) is 8.90. The van der Waals surface area contributed by atoms with Gasteiger partial charge in [-0.3, -0.25) is 10.1 Å². The number of rotatable bonds is 10. The predicted octanol–water partition coefficient (Wildman–Crippen LogP) is 5.88. The molecule has 2 aromatic carbocycles. The molecule has 8 heteroatoms. The van der Waals surface area contributed by atoms with E-state index in [1.165, 1.54) is 6.07 Å². The molecule has 0 fully saturated rings. The van der Waals surface area contributed by atoms with Crippen LogP contribution in [0.25, 0.3) is 21.8 Å². The minimum atomic E-state index is -0.463. The predicted molar refractivity (Wildman–Crippen MR) is 128 cm³/mol. The molecule has 0 saturated carbocycles. The largest absolute Gasteiger partial charge is 0.497 e. The number of nitro benzene ring substituents is 1. The quantitative estimate of drug-likeness (QED) is 0.239. The molecule has 0 bridgehead atoms. The Morgan fingerprint density at radius 2 is 1.90 bits per heavy atom. The highest BCUT2D eigenvalue weighted by molar-refractivity contribution is 6.33. The summed E-state index contributed by atoms with van der Waals surface area (Å²) >= 11 is 6.15. The molecule has 1 heterocycles. The summed E-state index contributed by atoms with van der Waals surface area (Å²) in [6.07, 6.45) is 2.04. The van der Waals surface area contributed by atoms with Gasteiger partial charge in [-0.05, 0) is 63.7 Å². The van der Waals surface area contributed by atoms with Gasteiger partial charge in [-0.2, -0.15) is 0 Å². The summed E-state index contributed by atoms with van der Waals surface area (Å²) in [5.74, 6) is 0.703. The number of aromatic nitrogens is 1. The fourth-order valence-corrected chi connectivity index (χ4v) is 4.06. The Morgan fingerprint density at radius 3 is 2.55 bits per heavy atom. The van der Waals surface area contributed by atoms with Crippen LogP contribution in [0.5, 0.6) is 5.75 Å². The third kappa shape index (κ3) is 5.17. The fraction of sp³-hybridized carbons (Fsp3) is 0.435. The molecule has 1 aromatic heterocycles. The number of benzene rings is 2. The number of nitrogens with one attached hydrogen (secondary N) is 1. The van der Waals surface area contributed by atoms with Crippen molar-refractivity contribution >= 4 is 44.8 Å². The van der Waals surface area contributed by atoms with Crippen LogP contribution in [-0.4, -0.2) is 47.6 Å². The second-order valence-corrected chi connectivity index (χ2v) is 8.07. The van der Waals surface area contributed by atoms with E-state index in [0.717, 1.165) is 49.1 Å². The van der Waals surface area contributed by atoms with Crippen molar-refractivity contribution in [3.05, 3.63) is 45.5 Å². The molecular weight excluding hydrogens is 416 g/mol. The Kier molecular flexibility index (Phi) is 7.51. The molecule has 0 spiro atoms. The van der Waals surface area contributed by atoms with Gasteiger partial charge in [0, 0.05) is 22.9 Å². The highest BCUT2D eigenvalue weighted by atomic mass is 35.5. The first kappa shape index (κ1) is 23.0. The van der Waals surface area contributed by atoms with Crippen LogP contribution in [0.15, 0.2) is 30.3 Å². The van der Waals surface area contributed by atoms with Crippen LogP contribution in [0.2, 0.25) is 5.02 Å². The number of hydrogen-bond donors (Lipinski definition) is 1. The van der Waals surface area contributed by atoms with Crippen LogP contribution in [0.4, 0.5) is 11.4 Å². The summed E-state index contributed by atoms with van der Waals surface area (Å²) in [6.45, 7) is 9.61. The van der Waals surface area contributed by atoms with E-state index in [1.807, 2.05) is 18.2 Å². The van der Waals surface area contributed by atoms with Gasteiger partial charge in [0.2, 0.25) is 0 Å². The monoisotopic (exact) mass is 444 g/mol. The number of pyridine rings is 1. The average molecular weight is 445 g/mol. The summed E-state index contributed by atoms with van der Waals surface area (Å²) in [5.41, 5.74) is 2.08. The van der Waals surface area contributed by atoms with E-state index < -0.39 is 4.92 Å². The number of hydrogen-bond acceptors (Lipinski definition) is 6. The van der Waals surface area contributed by atoms with Crippen LogP contribution in [0.3, 0.4) is 0 Å². The maximum atomic E-state index is 11.5. The van der Waals surface area contributed by atoms with Gasteiger partial charge in [0.25, 0.3) is 5.69 Å².